The number of hydrogen-bond acceptors (Lipinski definition) is 3. The highest BCUT2D eigenvalue weighted by Crippen LogP contribution is 2.35. The second-order valence-electron chi connectivity index (χ2n) is 6.04. The molecule has 2 aromatic rings. The van der Waals surface area contributed by atoms with Crippen molar-refractivity contribution in [3.63, 3.8) is 0 Å². The van der Waals surface area contributed by atoms with Gasteiger partial charge in [-0.15, -0.1) is 0 Å². The molecule has 0 saturated carbocycles. The molecule has 0 bridgehead atoms. The Morgan fingerprint density at radius 2 is 1.77 bits per heavy atom. The van der Waals surface area contributed by atoms with Crippen molar-refractivity contribution in [2.24, 2.45) is 0 Å². The Balaban J connectivity index is 1.85. The average molecular weight is 364 g/mol. The minimum Gasteiger partial charge on any atom is -0.378 e. The first-order chi connectivity index (χ1) is 12.4. The Morgan fingerprint density at radius 1 is 1.08 bits per heavy atom. The lowest BCUT2D eigenvalue weighted by Gasteiger charge is -2.31. The molecule has 3 rings (SSSR count). The van der Waals surface area contributed by atoms with Gasteiger partial charge in [-0.2, -0.15) is 13.2 Å². The molecule has 4 nitrogen and oxygen atoms in total. The Labute approximate surface area is 149 Å². The van der Waals surface area contributed by atoms with Crippen LogP contribution in [0, 0.1) is 0 Å². The lowest BCUT2D eigenvalue weighted by molar-refractivity contribution is -0.137. The van der Waals surface area contributed by atoms with Gasteiger partial charge in [0, 0.05) is 13.1 Å². The van der Waals surface area contributed by atoms with Gasteiger partial charge in [0.15, 0.2) is 0 Å². The summed E-state index contributed by atoms with van der Waals surface area (Å²) < 4.78 is 44.5. The van der Waals surface area contributed by atoms with Gasteiger partial charge in [-0.1, -0.05) is 30.3 Å². The van der Waals surface area contributed by atoms with Gasteiger partial charge in [-0.25, -0.2) is 0 Å². The van der Waals surface area contributed by atoms with Crippen molar-refractivity contribution in [3.8, 4) is 0 Å². The van der Waals surface area contributed by atoms with Crippen molar-refractivity contribution in [2.75, 3.05) is 36.5 Å². The Hall–Kier alpha value is -2.54. The quantitative estimate of drug-likeness (QED) is 0.899. The standard InChI is InChI=1S/C19H19F3N2O2/c20-19(21,22)15-6-7-17(24-8-10-26-11-9-24)16(13-15)23-18(25)12-14-4-2-1-3-5-14/h1-7,13H,8-12H2,(H,23,25). The van der Waals surface area contributed by atoms with Gasteiger partial charge in [0.2, 0.25) is 5.91 Å². The number of anilines is 2. The number of carbonyl (C=O) groups is 1. The molecule has 1 fully saturated rings. The van der Waals surface area contributed by atoms with Crippen LogP contribution in [-0.4, -0.2) is 32.2 Å². The van der Waals surface area contributed by atoms with Crippen LogP contribution in [0.4, 0.5) is 24.5 Å². The van der Waals surface area contributed by atoms with Crippen molar-refractivity contribution < 1.29 is 22.7 Å². The summed E-state index contributed by atoms with van der Waals surface area (Å²) in [6.07, 6.45) is -4.37. The zero-order chi connectivity index (χ0) is 18.6. The van der Waals surface area contributed by atoms with Crippen molar-refractivity contribution in [3.05, 3.63) is 59.7 Å². The molecule has 0 aliphatic carbocycles. The molecular weight excluding hydrogens is 345 g/mol. The minimum atomic E-state index is -4.47. The number of nitrogens with zero attached hydrogens (tertiary/aromatic N) is 1. The van der Waals surface area contributed by atoms with E-state index in [0.717, 1.165) is 17.7 Å². The van der Waals surface area contributed by atoms with Crippen LogP contribution in [0.1, 0.15) is 11.1 Å². The van der Waals surface area contributed by atoms with E-state index >= 15 is 0 Å². The van der Waals surface area contributed by atoms with Gasteiger partial charge in [-0.3, -0.25) is 4.79 Å². The number of ether oxygens (including phenoxy) is 1. The maximum Gasteiger partial charge on any atom is 0.416 e. The SMILES string of the molecule is O=C(Cc1ccccc1)Nc1cc(C(F)(F)F)ccc1N1CCOCC1. The molecule has 7 heteroatoms. The van der Waals surface area contributed by atoms with Gasteiger partial charge in [0.25, 0.3) is 0 Å². The summed E-state index contributed by atoms with van der Waals surface area (Å²) >= 11 is 0. The van der Waals surface area contributed by atoms with Crippen LogP contribution in [0.3, 0.4) is 0 Å². The van der Waals surface area contributed by atoms with Crippen molar-refractivity contribution in [1.29, 1.82) is 0 Å². The third-order valence-corrected chi connectivity index (χ3v) is 4.16. The molecule has 138 valence electrons. The normalized spacial score (nSPS) is 15.0. The summed E-state index contributed by atoms with van der Waals surface area (Å²) in [5, 5.41) is 2.65. The molecule has 0 atom stereocenters. The Bertz CT molecular complexity index is 757. The molecule has 26 heavy (non-hydrogen) atoms. The number of benzene rings is 2. The lowest BCUT2D eigenvalue weighted by atomic mass is 10.1. The second kappa shape index (κ2) is 7.78. The third kappa shape index (κ3) is 4.54. The molecule has 1 amide bonds. The van der Waals surface area contributed by atoms with E-state index in [9.17, 15) is 18.0 Å². The molecule has 0 aromatic heterocycles. The molecule has 2 aromatic carbocycles. The van der Waals surface area contributed by atoms with E-state index in [-0.39, 0.29) is 18.0 Å². The number of hydrogen-bond donors (Lipinski definition) is 1. The molecule has 1 saturated heterocycles. The monoisotopic (exact) mass is 364 g/mol. The molecule has 1 aliphatic heterocycles. The highest BCUT2D eigenvalue weighted by atomic mass is 19.4. The highest BCUT2D eigenvalue weighted by molar-refractivity contribution is 5.95. The highest BCUT2D eigenvalue weighted by Gasteiger charge is 2.31. The third-order valence-electron chi connectivity index (χ3n) is 4.16. The van der Waals surface area contributed by atoms with Gasteiger partial charge >= 0.3 is 6.18 Å². The predicted molar refractivity (Wildman–Crippen MR) is 93.3 cm³/mol. The largest absolute Gasteiger partial charge is 0.416 e. The molecule has 1 N–H and O–H groups in total. The fourth-order valence-corrected chi connectivity index (χ4v) is 2.87. The zero-order valence-electron chi connectivity index (χ0n) is 14.1. The van der Waals surface area contributed by atoms with E-state index in [2.05, 4.69) is 5.32 Å². The molecule has 1 heterocycles. The van der Waals surface area contributed by atoms with Gasteiger partial charge in [0.1, 0.15) is 0 Å². The number of nitrogens with one attached hydrogen (secondary N) is 1. The maximum atomic E-state index is 13.1. The van der Waals surface area contributed by atoms with Crippen molar-refractivity contribution >= 4 is 17.3 Å². The number of carbonyl (C=O) groups excluding carboxylic acids is 1. The topological polar surface area (TPSA) is 41.6 Å². The molecule has 0 spiro atoms. The fourth-order valence-electron chi connectivity index (χ4n) is 2.87. The summed E-state index contributed by atoms with van der Waals surface area (Å²) in [5.74, 6) is -0.356. The summed E-state index contributed by atoms with van der Waals surface area (Å²) in [5.41, 5.74) is 0.750. The number of amides is 1. The van der Waals surface area contributed by atoms with Gasteiger partial charge < -0.3 is 15.0 Å². The van der Waals surface area contributed by atoms with Crippen molar-refractivity contribution in [1.82, 2.24) is 0 Å². The van der Waals surface area contributed by atoms with E-state index < -0.39 is 11.7 Å². The van der Waals surface area contributed by atoms with Crippen LogP contribution in [0.15, 0.2) is 48.5 Å². The first kappa shape index (κ1) is 18.3. The first-order valence-corrected chi connectivity index (χ1v) is 8.31. The molecule has 0 radical (unpaired) electrons. The first-order valence-electron chi connectivity index (χ1n) is 8.31. The number of alkyl halides is 3. The zero-order valence-corrected chi connectivity index (χ0v) is 14.1. The van der Waals surface area contributed by atoms with Gasteiger partial charge in [0.05, 0.1) is 36.6 Å². The molecule has 1 aliphatic rings. The predicted octanol–water partition coefficient (Wildman–Crippen LogP) is 3.72. The van der Waals surface area contributed by atoms with Crippen LogP contribution >= 0.6 is 0 Å². The van der Waals surface area contributed by atoms with E-state index in [4.69, 9.17) is 4.74 Å². The molecular formula is C19H19F3N2O2. The van der Waals surface area contributed by atoms with E-state index in [0.29, 0.717) is 32.0 Å². The van der Waals surface area contributed by atoms with Crippen molar-refractivity contribution in [2.45, 2.75) is 12.6 Å². The van der Waals surface area contributed by atoms with Gasteiger partial charge in [-0.05, 0) is 23.8 Å². The van der Waals surface area contributed by atoms with Crippen LogP contribution in [0.25, 0.3) is 0 Å². The van der Waals surface area contributed by atoms with E-state index in [1.165, 1.54) is 6.07 Å². The smallest absolute Gasteiger partial charge is 0.378 e. The summed E-state index contributed by atoms with van der Waals surface area (Å²) in [6, 6.07) is 12.5. The lowest BCUT2D eigenvalue weighted by Crippen LogP contribution is -2.37. The van der Waals surface area contributed by atoms with E-state index in [1.807, 2.05) is 23.1 Å². The van der Waals surface area contributed by atoms with Crippen LogP contribution in [0.2, 0.25) is 0 Å². The summed E-state index contributed by atoms with van der Waals surface area (Å²) in [6.45, 7) is 2.12. The average Bonchev–Trinajstić information content (AvgIpc) is 2.62. The minimum absolute atomic E-state index is 0.0969. The van der Waals surface area contributed by atoms with Crippen LogP contribution < -0.4 is 10.2 Å². The summed E-state index contributed by atoms with van der Waals surface area (Å²) in [7, 11) is 0. The molecule has 0 unspecified atom stereocenters. The fraction of sp³-hybridized carbons (Fsp3) is 0.316. The van der Waals surface area contributed by atoms with Crippen LogP contribution in [0.5, 0.6) is 0 Å². The maximum absolute atomic E-state index is 13.1. The summed E-state index contributed by atoms with van der Waals surface area (Å²) in [4.78, 5) is 14.3. The number of morpholine rings is 1. The Morgan fingerprint density at radius 3 is 2.42 bits per heavy atom. The number of rotatable bonds is 4. The second-order valence-corrected chi connectivity index (χ2v) is 6.04. The number of halogens is 3. The van der Waals surface area contributed by atoms with E-state index in [1.54, 1.807) is 12.1 Å². The Kier molecular flexibility index (Phi) is 5.46. The van der Waals surface area contributed by atoms with Crippen LogP contribution in [-0.2, 0) is 22.1 Å².